The largest absolute Gasteiger partial charge is 0.349 e. The first-order chi connectivity index (χ1) is 6.59. The molecule has 0 amide bonds. The molecule has 0 fully saturated rings. The lowest BCUT2D eigenvalue weighted by Gasteiger charge is -1.94. The molecule has 1 aromatic carbocycles. The van der Waals surface area contributed by atoms with Crippen LogP contribution in [-0.4, -0.2) is 13.3 Å². The van der Waals surface area contributed by atoms with Crippen molar-refractivity contribution in [3.05, 3.63) is 30.2 Å². The van der Waals surface area contributed by atoms with Gasteiger partial charge in [0.1, 0.15) is 5.82 Å². The lowest BCUT2D eigenvalue weighted by atomic mass is 10.2. The lowest BCUT2D eigenvalue weighted by molar-refractivity contribution is 0.565. The van der Waals surface area contributed by atoms with E-state index >= 15 is 0 Å². The molecule has 1 unspecified atom stereocenters. The third-order valence-electron chi connectivity index (χ3n) is 2.10. The maximum atomic E-state index is 12.9. The average Bonchev–Trinajstić information content (AvgIpc) is 2.43. The zero-order valence-electron chi connectivity index (χ0n) is 7.40. The van der Waals surface area contributed by atoms with Crippen molar-refractivity contribution in [2.45, 2.75) is 4.90 Å². The molecule has 1 aromatic heterocycles. The minimum atomic E-state index is -2.08. The summed E-state index contributed by atoms with van der Waals surface area (Å²) in [5.74, 6) is -0.407. The number of aryl methyl sites for hydroxylation is 1. The Bertz CT molecular complexity index is 521. The van der Waals surface area contributed by atoms with E-state index in [1.165, 1.54) is 18.3 Å². The minimum Gasteiger partial charge on any atom is -0.349 e. The highest BCUT2D eigenvalue weighted by Gasteiger charge is 2.11. The Hall–Kier alpha value is -1.20. The third-order valence-corrected chi connectivity index (χ3v) is 2.80. The number of fused-ring (bicyclic) bond motifs is 1. The number of rotatable bonds is 1. The molecule has 0 saturated heterocycles. The van der Waals surface area contributed by atoms with Crippen LogP contribution in [0.25, 0.3) is 10.9 Å². The van der Waals surface area contributed by atoms with Crippen LogP contribution < -0.4 is 0 Å². The molecule has 0 aliphatic rings. The predicted molar refractivity (Wildman–Crippen MR) is 51.9 cm³/mol. The van der Waals surface area contributed by atoms with Gasteiger partial charge in [-0.05, 0) is 18.2 Å². The standard InChI is InChI=1S/C9H8FNO2S/c1-11-5-9(14(12)13)7-4-6(10)2-3-8(7)11/h2-5H,1H3,(H,12,13). The number of nitrogens with zero attached hydrogens (tertiary/aromatic N) is 1. The molecule has 0 spiro atoms. The molecule has 3 nitrogen and oxygen atoms in total. The van der Waals surface area contributed by atoms with E-state index < -0.39 is 16.9 Å². The van der Waals surface area contributed by atoms with Gasteiger partial charge in [0.15, 0.2) is 11.1 Å². The molecule has 0 saturated carbocycles. The molecule has 0 aliphatic heterocycles. The maximum absolute atomic E-state index is 12.9. The Labute approximate surface area is 82.4 Å². The van der Waals surface area contributed by atoms with E-state index in [1.807, 2.05) is 0 Å². The lowest BCUT2D eigenvalue weighted by Crippen LogP contribution is -1.85. The van der Waals surface area contributed by atoms with E-state index in [0.717, 1.165) is 5.52 Å². The Balaban J connectivity index is 2.85. The van der Waals surface area contributed by atoms with E-state index in [0.29, 0.717) is 5.39 Å². The van der Waals surface area contributed by atoms with Crippen LogP contribution in [0.3, 0.4) is 0 Å². The Morgan fingerprint density at radius 3 is 2.86 bits per heavy atom. The van der Waals surface area contributed by atoms with Gasteiger partial charge in [0.25, 0.3) is 0 Å². The van der Waals surface area contributed by atoms with E-state index in [4.69, 9.17) is 4.55 Å². The zero-order valence-corrected chi connectivity index (χ0v) is 8.21. The normalized spacial score (nSPS) is 13.4. The van der Waals surface area contributed by atoms with Crippen LogP contribution in [0.1, 0.15) is 0 Å². The quantitative estimate of drug-likeness (QED) is 0.735. The molecule has 14 heavy (non-hydrogen) atoms. The molecule has 1 atom stereocenters. The van der Waals surface area contributed by atoms with Crippen molar-refractivity contribution in [2.75, 3.05) is 0 Å². The van der Waals surface area contributed by atoms with Gasteiger partial charge in [0, 0.05) is 24.1 Å². The van der Waals surface area contributed by atoms with Crippen molar-refractivity contribution in [2.24, 2.45) is 7.05 Å². The molecule has 1 N–H and O–H groups in total. The van der Waals surface area contributed by atoms with E-state index in [9.17, 15) is 8.60 Å². The summed E-state index contributed by atoms with van der Waals surface area (Å²) in [5, 5.41) is 0.480. The van der Waals surface area contributed by atoms with Crippen molar-refractivity contribution in [1.29, 1.82) is 0 Å². The van der Waals surface area contributed by atoms with Gasteiger partial charge in [0.2, 0.25) is 0 Å². The summed E-state index contributed by atoms with van der Waals surface area (Å²) in [6, 6.07) is 4.17. The summed E-state index contributed by atoms with van der Waals surface area (Å²) in [7, 11) is 1.75. The molecule has 1 heterocycles. The predicted octanol–water partition coefficient (Wildman–Crippen LogP) is 1.90. The molecule has 0 aliphatic carbocycles. The monoisotopic (exact) mass is 213 g/mol. The SMILES string of the molecule is Cn1cc(S(=O)O)c2cc(F)ccc21. The van der Waals surface area contributed by atoms with Gasteiger partial charge in [-0.2, -0.15) is 0 Å². The Morgan fingerprint density at radius 2 is 2.21 bits per heavy atom. The van der Waals surface area contributed by atoms with Gasteiger partial charge < -0.3 is 9.12 Å². The van der Waals surface area contributed by atoms with Crippen molar-refractivity contribution in [3.8, 4) is 0 Å². The third kappa shape index (κ3) is 1.34. The van der Waals surface area contributed by atoms with Crippen LogP contribution in [0.5, 0.6) is 0 Å². The van der Waals surface area contributed by atoms with Crippen molar-refractivity contribution < 1.29 is 13.2 Å². The van der Waals surface area contributed by atoms with E-state index in [-0.39, 0.29) is 4.90 Å². The smallest absolute Gasteiger partial charge is 0.188 e. The molecule has 5 heteroatoms. The first kappa shape index (κ1) is 9.36. The van der Waals surface area contributed by atoms with Crippen LogP contribution in [-0.2, 0) is 18.1 Å². The molecule has 2 aromatic rings. The van der Waals surface area contributed by atoms with Gasteiger partial charge in [0.05, 0.1) is 4.90 Å². The van der Waals surface area contributed by atoms with Gasteiger partial charge in [-0.25, -0.2) is 8.60 Å². The molecular formula is C9H8FNO2S. The summed E-state index contributed by atoms with van der Waals surface area (Å²) in [5.41, 5.74) is 0.740. The summed E-state index contributed by atoms with van der Waals surface area (Å²) >= 11 is -2.08. The average molecular weight is 213 g/mol. The fourth-order valence-corrected chi connectivity index (χ4v) is 2.07. The highest BCUT2D eigenvalue weighted by Crippen LogP contribution is 2.23. The van der Waals surface area contributed by atoms with Crippen LogP contribution in [0.15, 0.2) is 29.3 Å². The number of halogens is 1. The van der Waals surface area contributed by atoms with Crippen molar-refractivity contribution in [1.82, 2.24) is 4.57 Å². The Kier molecular flexibility index (Phi) is 2.13. The molecule has 74 valence electrons. The summed E-state index contributed by atoms with van der Waals surface area (Å²) in [4.78, 5) is 0.238. The summed E-state index contributed by atoms with van der Waals surface area (Å²) < 4.78 is 34.5. The van der Waals surface area contributed by atoms with Crippen molar-refractivity contribution >= 4 is 22.0 Å². The first-order valence-electron chi connectivity index (χ1n) is 3.95. The fraction of sp³-hybridized carbons (Fsp3) is 0.111. The van der Waals surface area contributed by atoms with Gasteiger partial charge in [-0.1, -0.05) is 0 Å². The van der Waals surface area contributed by atoms with Crippen molar-refractivity contribution in [3.63, 3.8) is 0 Å². The van der Waals surface area contributed by atoms with Gasteiger partial charge >= 0.3 is 0 Å². The van der Waals surface area contributed by atoms with E-state index in [2.05, 4.69) is 0 Å². The highest BCUT2D eigenvalue weighted by molar-refractivity contribution is 7.79. The van der Waals surface area contributed by atoms with Crippen LogP contribution in [0.4, 0.5) is 4.39 Å². The van der Waals surface area contributed by atoms with Gasteiger partial charge in [-0.15, -0.1) is 0 Å². The second-order valence-electron chi connectivity index (χ2n) is 3.01. The van der Waals surface area contributed by atoms with Crippen LogP contribution in [0, 0.1) is 5.82 Å². The minimum absolute atomic E-state index is 0.238. The second kappa shape index (κ2) is 3.18. The number of hydrogen-bond acceptors (Lipinski definition) is 1. The second-order valence-corrected chi connectivity index (χ2v) is 3.95. The molecule has 2 rings (SSSR count). The molecule has 0 radical (unpaired) electrons. The summed E-state index contributed by atoms with van der Waals surface area (Å²) in [6.45, 7) is 0. The van der Waals surface area contributed by atoms with Crippen LogP contribution in [0.2, 0.25) is 0 Å². The summed E-state index contributed by atoms with van der Waals surface area (Å²) in [6.07, 6.45) is 1.53. The van der Waals surface area contributed by atoms with E-state index in [1.54, 1.807) is 17.7 Å². The first-order valence-corrected chi connectivity index (χ1v) is 5.05. The topological polar surface area (TPSA) is 42.2 Å². The number of hydrogen-bond donors (Lipinski definition) is 1. The molecular weight excluding hydrogens is 205 g/mol. The molecule has 0 bridgehead atoms. The number of aromatic nitrogens is 1. The highest BCUT2D eigenvalue weighted by atomic mass is 32.2. The maximum Gasteiger partial charge on any atom is 0.188 e. The zero-order chi connectivity index (χ0) is 10.3. The van der Waals surface area contributed by atoms with Gasteiger partial charge in [-0.3, -0.25) is 0 Å². The fourth-order valence-electron chi connectivity index (χ4n) is 1.47. The Morgan fingerprint density at radius 1 is 1.50 bits per heavy atom. The van der Waals surface area contributed by atoms with Crippen LogP contribution >= 0.6 is 0 Å². The number of benzene rings is 1.